The summed E-state index contributed by atoms with van der Waals surface area (Å²) in [5, 5.41) is 0. The van der Waals surface area contributed by atoms with Gasteiger partial charge in [-0.1, -0.05) is 31.0 Å². The Labute approximate surface area is 116 Å². The molecule has 1 aliphatic carbocycles. The highest BCUT2D eigenvalue weighted by Gasteiger charge is 2.26. The SMILES string of the molecule is CN(CCOc1ccccc1)C1CCCCC1CN. The van der Waals surface area contributed by atoms with Gasteiger partial charge in [-0.15, -0.1) is 0 Å². The summed E-state index contributed by atoms with van der Waals surface area (Å²) >= 11 is 0. The first kappa shape index (κ1) is 14.4. The summed E-state index contributed by atoms with van der Waals surface area (Å²) in [5.41, 5.74) is 5.89. The largest absolute Gasteiger partial charge is 0.492 e. The van der Waals surface area contributed by atoms with E-state index in [1.165, 1.54) is 25.7 Å². The van der Waals surface area contributed by atoms with E-state index in [4.69, 9.17) is 10.5 Å². The molecular weight excluding hydrogens is 236 g/mol. The van der Waals surface area contributed by atoms with Crippen molar-refractivity contribution >= 4 is 0 Å². The van der Waals surface area contributed by atoms with E-state index in [1.54, 1.807) is 0 Å². The fourth-order valence-electron chi connectivity index (χ4n) is 3.03. The predicted molar refractivity (Wildman–Crippen MR) is 79.4 cm³/mol. The summed E-state index contributed by atoms with van der Waals surface area (Å²) < 4.78 is 5.76. The van der Waals surface area contributed by atoms with Crippen LogP contribution >= 0.6 is 0 Å². The van der Waals surface area contributed by atoms with Crippen molar-refractivity contribution in [1.29, 1.82) is 0 Å². The zero-order valence-electron chi connectivity index (χ0n) is 11.9. The predicted octanol–water partition coefficient (Wildman–Crippen LogP) is 2.51. The zero-order valence-corrected chi connectivity index (χ0v) is 11.9. The van der Waals surface area contributed by atoms with Crippen molar-refractivity contribution in [1.82, 2.24) is 4.90 Å². The van der Waals surface area contributed by atoms with E-state index in [0.717, 1.165) is 25.4 Å². The van der Waals surface area contributed by atoms with Gasteiger partial charge in [-0.3, -0.25) is 4.90 Å². The maximum atomic E-state index is 5.89. The van der Waals surface area contributed by atoms with E-state index in [-0.39, 0.29) is 0 Å². The molecule has 2 atom stereocenters. The van der Waals surface area contributed by atoms with Gasteiger partial charge in [-0.25, -0.2) is 0 Å². The molecule has 1 saturated carbocycles. The number of rotatable bonds is 6. The highest BCUT2D eigenvalue weighted by molar-refractivity contribution is 5.20. The number of benzene rings is 1. The Morgan fingerprint density at radius 3 is 2.68 bits per heavy atom. The van der Waals surface area contributed by atoms with Gasteiger partial charge in [0.1, 0.15) is 12.4 Å². The molecule has 0 radical (unpaired) electrons. The molecule has 0 spiro atoms. The van der Waals surface area contributed by atoms with Gasteiger partial charge in [0.25, 0.3) is 0 Å². The van der Waals surface area contributed by atoms with Gasteiger partial charge in [-0.05, 0) is 44.5 Å². The van der Waals surface area contributed by atoms with E-state index in [9.17, 15) is 0 Å². The van der Waals surface area contributed by atoms with Gasteiger partial charge in [-0.2, -0.15) is 0 Å². The Hall–Kier alpha value is -1.06. The molecule has 2 unspecified atom stereocenters. The summed E-state index contributed by atoms with van der Waals surface area (Å²) in [5.74, 6) is 1.62. The lowest BCUT2D eigenvalue weighted by Crippen LogP contribution is -2.44. The third kappa shape index (κ3) is 4.22. The summed E-state index contributed by atoms with van der Waals surface area (Å²) in [6.07, 6.45) is 5.24. The number of hydrogen-bond acceptors (Lipinski definition) is 3. The molecule has 3 heteroatoms. The molecule has 0 bridgehead atoms. The monoisotopic (exact) mass is 262 g/mol. The van der Waals surface area contributed by atoms with Crippen molar-refractivity contribution in [2.24, 2.45) is 11.7 Å². The lowest BCUT2D eigenvalue weighted by molar-refractivity contribution is 0.115. The highest BCUT2D eigenvalue weighted by atomic mass is 16.5. The number of hydrogen-bond donors (Lipinski definition) is 1. The minimum atomic E-state index is 0.637. The van der Waals surface area contributed by atoms with Crippen molar-refractivity contribution in [3.8, 4) is 5.75 Å². The Morgan fingerprint density at radius 2 is 1.95 bits per heavy atom. The summed E-state index contributed by atoms with van der Waals surface area (Å²) in [6.45, 7) is 2.53. The summed E-state index contributed by atoms with van der Waals surface area (Å²) in [6, 6.07) is 10.7. The fraction of sp³-hybridized carbons (Fsp3) is 0.625. The highest BCUT2D eigenvalue weighted by Crippen LogP contribution is 2.26. The molecule has 3 nitrogen and oxygen atoms in total. The van der Waals surface area contributed by atoms with Crippen LogP contribution in [-0.2, 0) is 0 Å². The second-order valence-corrected chi connectivity index (χ2v) is 5.49. The third-order valence-corrected chi connectivity index (χ3v) is 4.19. The van der Waals surface area contributed by atoms with E-state index in [0.29, 0.717) is 12.0 Å². The molecule has 1 aromatic rings. The molecule has 1 aromatic carbocycles. The van der Waals surface area contributed by atoms with Crippen LogP contribution in [0.2, 0.25) is 0 Å². The van der Waals surface area contributed by atoms with Crippen LogP contribution in [0.1, 0.15) is 25.7 Å². The van der Waals surface area contributed by atoms with E-state index < -0.39 is 0 Å². The minimum Gasteiger partial charge on any atom is -0.492 e. The van der Waals surface area contributed by atoms with Crippen molar-refractivity contribution in [2.45, 2.75) is 31.7 Å². The van der Waals surface area contributed by atoms with E-state index in [2.05, 4.69) is 11.9 Å². The lowest BCUT2D eigenvalue weighted by atomic mass is 9.84. The number of ether oxygens (including phenoxy) is 1. The molecule has 0 amide bonds. The van der Waals surface area contributed by atoms with Gasteiger partial charge >= 0.3 is 0 Å². The molecule has 19 heavy (non-hydrogen) atoms. The van der Waals surface area contributed by atoms with Crippen molar-refractivity contribution < 1.29 is 4.74 Å². The average molecular weight is 262 g/mol. The normalized spacial score (nSPS) is 23.5. The van der Waals surface area contributed by atoms with Crippen LogP contribution < -0.4 is 10.5 Å². The molecule has 0 aromatic heterocycles. The maximum Gasteiger partial charge on any atom is 0.119 e. The Kier molecular flexibility index (Phi) is 5.67. The van der Waals surface area contributed by atoms with Gasteiger partial charge in [0, 0.05) is 12.6 Å². The van der Waals surface area contributed by atoms with Crippen LogP contribution in [-0.4, -0.2) is 37.7 Å². The topological polar surface area (TPSA) is 38.5 Å². The van der Waals surface area contributed by atoms with E-state index in [1.807, 2.05) is 30.3 Å². The first-order chi connectivity index (χ1) is 9.31. The first-order valence-corrected chi connectivity index (χ1v) is 7.39. The summed E-state index contributed by atoms with van der Waals surface area (Å²) in [7, 11) is 2.20. The quantitative estimate of drug-likeness (QED) is 0.856. The van der Waals surface area contributed by atoms with Crippen molar-refractivity contribution in [3.05, 3.63) is 30.3 Å². The molecular formula is C16H26N2O. The van der Waals surface area contributed by atoms with Crippen LogP contribution in [0, 0.1) is 5.92 Å². The number of para-hydroxylation sites is 1. The van der Waals surface area contributed by atoms with Crippen LogP contribution in [0.4, 0.5) is 0 Å². The second kappa shape index (κ2) is 7.51. The summed E-state index contributed by atoms with van der Waals surface area (Å²) in [4.78, 5) is 2.43. The van der Waals surface area contributed by atoms with Gasteiger partial charge in [0.2, 0.25) is 0 Å². The minimum absolute atomic E-state index is 0.637. The molecule has 1 fully saturated rings. The van der Waals surface area contributed by atoms with Crippen LogP contribution in [0.15, 0.2) is 30.3 Å². The average Bonchev–Trinajstić information content (AvgIpc) is 2.48. The Morgan fingerprint density at radius 1 is 1.21 bits per heavy atom. The zero-order chi connectivity index (χ0) is 13.5. The third-order valence-electron chi connectivity index (χ3n) is 4.19. The molecule has 106 valence electrons. The van der Waals surface area contributed by atoms with Gasteiger partial charge < -0.3 is 10.5 Å². The van der Waals surface area contributed by atoms with Gasteiger partial charge in [0.05, 0.1) is 0 Å². The number of nitrogens with zero attached hydrogens (tertiary/aromatic N) is 1. The van der Waals surface area contributed by atoms with Gasteiger partial charge in [0.15, 0.2) is 0 Å². The van der Waals surface area contributed by atoms with Crippen LogP contribution in [0.5, 0.6) is 5.75 Å². The Bertz CT molecular complexity index is 355. The lowest BCUT2D eigenvalue weighted by Gasteiger charge is -2.37. The molecule has 2 N–H and O–H groups in total. The molecule has 0 saturated heterocycles. The fourth-order valence-corrected chi connectivity index (χ4v) is 3.03. The first-order valence-electron chi connectivity index (χ1n) is 7.39. The molecule has 0 heterocycles. The van der Waals surface area contributed by atoms with Crippen molar-refractivity contribution in [3.63, 3.8) is 0 Å². The van der Waals surface area contributed by atoms with Crippen LogP contribution in [0.25, 0.3) is 0 Å². The molecule has 1 aliphatic rings. The standard InChI is InChI=1S/C16H26N2O/c1-18(16-10-6-5-7-14(16)13-17)11-12-19-15-8-3-2-4-9-15/h2-4,8-9,14,16H,5-7,10-13,17H2,1H3. The number of likely N-dealkylation sites (N-methyl/N-ethyl adjacent to an activating group) is 1. The van der Waals surface area contributed by atoms with Crippen molar-refractivity contribution in [2.75, 3.05) is 26.7 Å². The van der Waals surface area contributed by atoms with Crippen LogP contribution in [0.3, 0.4) is 0 Å². The van der Waals surface area contributed by atoms with E-state index >= 15 is 0 Å². The molecule has 0 aliphatic heterocycles. The smallest absolute Gasteiger partial charge is 0.119 e. The number of nitrogens with two attached hydrogens (primary N) is 1. The maximum absolute atomic E-state index is 5.89. The second-order valence-electron chi connectivity index (χ2n) is 5.49. The molecule has 2 rings (SSSR count). The Balaban J connectivity index is 1.75.